The molecule has 1 N–H and O–H groups in total. The highest BCUT2D eigenvalue weighted by molar-refractivity contribution is 5.79. The SMILES string of the molecule is CC(=O)NC1CCN(C(=O)Cc2ccccc2)CC1. The van der Waals surface area contributed by atoms with Crippen molar-refractivity contribution >= 4 is 11.8 Å². The molecule has 1 fully saturated rings. The molecule has 1 aliphatic heterocycles. The van der Waals surface area contributed by atoms with Crippen LogP contribution in [0.1, 0.15) is 25.3 Å². The van der Waals surface area contributed by atoms with Crippen molar-refractivity contribution in [2.24, 2.45) is 0 Å². The average molecular weight is 260 g/mol. The van der Waals surface area contributed by atoms with E-state index in [1.54, 1.807) is 0 Å². The summed E-state index contributed by atoms with van der Waals surface area (Å²) in [5.41, 5.74) is 1.05. The molecule has 1 aliphatic rings. The maximum Gasteiger partial charge on any atom is 0.226 e. The molecular weight excluding hydrogens is 240 g/mol. The fourth-order valence-corrected chi connectivity index (χ4v) is 2.44. The minimum atomic E-state index is 0.00839. The van der Waals surface area contributed by atoms with Crippen molar-refractivity contribution in [3.63, 3.8) is 0 Å². The molecule has 0 unspecified atom stereocenters. The monoisotopic (exact) mass is 260 g/mol. The first kappa shape index (κ1) is 13.6. The van der Waals surface area contributed by atoms with Gasteiger partial charge >= 0.3 is 0 Å². The molecule has 4 heteroatoms. The Morgan fingerprint density at radius 1 is 1.21 bits per heavy atom. The molecule has 0 aromatic heterocycles. The minimum absolute atomic E-state index is 0.00839. The number of piperidine rings is 1. The van der Waals surface area contributed by atoms with E-state index in [4.69, 9.17) is 0 Å². The molecule has 0 spiro atoms. The summed E-state index contributed by atoms with van der Waals surface area (Å²) < 4.78 is 0. The van der Waals surface area contributed by atoms with Gasteiger partial charge in [0.2, 0.25) is 11.8 Å². The number of carbonyl (C=O) groups excluding carboxylic acids is 2. The van der Waals surface area contributed by atoms with Crippen molar-refractivity contribution in [1.82, 2.24) is 10.2 Å². The number of nitrogens with one attached hydrogen (secondary N) is 1. The second-order valence-electron chi connectivity index (χ2n) is 5.02. The molecule has 1 saturated heterocycles. The highest BCUT2D eigenvalue weighted by Gasteiger charge is 2.22. The van der Waals surface area contributed by atoms with Crippen molar-refractivity contribution in [2.75, 3.05) is 13.1 Å². The first-order valence-electron chi connectivity index (χ1n) is 6.74. The van der Waals surface area contributed by atoms with Crippen LogP contribution in [0.25, 0.3) is 0 Å². The van der Waals surface area contributed by atoms with Crippen molar-refractivity contribution in [1.29, 1.82) is 0 Å². The summed E-state index contributed by atoms with van der Waals surface area (Å²) in [5.74, 6) is 0.182. The smallest absolute Gasteiger partial charge is 0.226 e. The summed E-state index contributed by atoms with van der Waals surface area (Å²) >= 11 is 0. The third kappa shape index (κ3) is 4.09. The number of carbonyl (C=O) groups is 2. The van der Waals surface area contributed by atoms with Crippen LogP contribution in [0.4, 0.5) is 0 Å². The fraction of sp³-hybridized carbons (Fsp3) is 0.467. The van der Waals surface area contributed by atoms with E-state index in [0.29, 0.717) is 6.42 Å². The van der Waals surface area contributed by atoms with Gasteiger partial charge in [0.05, 0.1) is 6.42 Å². The molecule has 1 aromatic rings. The lowest BCUT2D eigenvalue weighted by Crippen LogP contribution is -2.46. The Balaban J connectivity index is 1.81. The van der Waals surface area contributed by atoms with Gasteiger partial charge in [0.25, 0.3) is 0 Å². The van der Waals surface area contributed by atoms with Gasteiger partial charge in [0, 0.05) is 26.1 Å². The van der Waals surface area contributed by atoms with Crippen LogP contribution in [-0.4, -0.2) is 35.8 Å². The highest BCUT2D eigenvalue weighted by Crippen LogP contribution is 2.12. The quantitative estimate of drug-likeness (QED) is 0.892. The van der Waals surface area contributed by atoms with Crippen LogP contribution in [-0.2, 0) is 16.0 Å². The van der Waals surface area contributed by atoms with E-state index in [1.165, 1.54) is 6.92 Å². The summed E-state index contributed by atoms with van der Waals surface area (Å²) in [6.07, 6.45) is 2.16. The molecule has 1 heterocycles. The van der Waals surface area contributed by atoms with Crippen molar-refractivity contribution in [3.05, 3.63) is 35.9 Å². The van der Waals surface area contributed by atoms with Gasteiger partial charge in [-0.2, -0.15) is 0 Å². The lowest BCUT2D eigenvalue weighted by molar-refractivity contribution is -0.131. The molecule has 19 heavy (non-hydrogen) atoms. The fourth-order valence-electron chi connectivity index (χ4n) is 2.44. The molecule has 0 atom stereocenters. The molecule has 0 radical (unpaired) electrons. The summed E-state index contributed by atoms with van der Waals surface area (Å²) in [4.78, 5) is 25.0. The molecule has 1 aromatic carbocycles. The van der Waals surface area contributed by atoms with Gasteiger partial charge < -0.3 is 10.2 Å². The van der Waals surface area contributed by atoms with Crippen LogP contribution < -0.4 is 5.32 Å². The van der Waals surface area contributed by atoms with E-state index < -0.39 is 0 Å². The Labute approximate surface area is 113 Å². The molecule has 0 saturated carbocycles. The highest BCUT2D eigenvalue weighted by atomic mass is 16.2. The minimum Gasteiger partial charge on any atom is -0.353 e. The number of rotatable bonds is 3. The lowest BCUT2D eigenvalue weighted by Gasteiger charge is -2.32. The van der Waals surface area contributed by atoms with Crippen LogP contribution in [0.5, 0.6) is 0 Å². The maximum atomic E-state index is 12.1. The van der Waals surface area contributed by atoms with Crippen LogP contribution >= 0.6 is 0 Å². The molecule has 0 bridgehead atoms. The van der Waals surface area contributed by atoms with E-state index in [-0.39, 0.29) is 17.9 Å². The van der Waals surface area contributed by atoms with E-state index in [9.17, 15) is 9.59 Å². The molecular formula is C15H20N2O2. The predicted molar refractivity (Wildman–Crippen MR) is 73.6 cm³/mol. The van der Waals surface area contributed by atoms with Gasteiger partial charge in [-0.1, -0.05) is 30.3 Å². The van der Waals surface area contributed by atoms with E-state index in [0.717, 1.165) is 31.5 Å². The third-order valence-electron chi connectivity index (χ3n) is 3.45. The van der Waals surface area contributed by atoms with Crippen LogP contribution in [0.2, 0.25) is 0 Å². The van der Waals surface area contributed by atoms with Crippen molar-refractivity contribution in [2.45, 2.75) is 32.2 Å². The van der Waals surface area contributed by atoms with E-state index >= 15 is 0 Å². The Morgan fingerprint density at radius 2 is 1.84 bits per heavy atom. The molecule has 0 aliphatic carbocycles. The zero-order chi connectivity index (χ0) is 13.7. The van der Waals surface area contributed by atoms with E-state index in [1.807, 2.05) is 35.2 Å². The normalized spacial score (nSPS) is 16.2. The number of hydrogen-bond donors (Lipinski definition) is 1. The van der Waals surface area contributed by atoms with Crippen molar-refractivity contribution in [3.8, 4) is 0 Å². The number of hydrogen-bond acceptors (Lipinski definition) is 2. The average Bonchev–Trinajstić information content (AvgIpc) is 2.40. The van der Waals surface area contributed by atoms with Gasteiger partial charge in [-0.25, -0.2) is 0 Å². The number of amides is 2. The Morgan fingerprint density at radius 3 is 2.42 bits per heavy atom. The second-order valence-corrected chi connectivity index (χ2v) is 5.02. The Kier molecular flexibility index (Phi) is 4.55. The van der Waals surface area contributed by atoms with Gasteiger partial charge in [-0.3, -0.25) is 9.59 Å². The van der Waals surface area contributed by atoms with Gasteiger partial charge in [-0.05, 0) is 18.4 Å². The first-order valence-corrected chi connectivity index (χ1v) is 6.74. The van der Waals surface area contributed by atoms with Gasteiger partial charge in [-0.15, -0.1) is 0 Å². The topological polar surface area (TPSA) is 49.4 Å². The number of nitrogens with zero attached hydrogens (tertiary/aromatic N) is 1. The zero-order valence-electron chi connectivity index (χ0n) is 11.3. The number of benzene rings is 1. The van der Waals surface area contributed by atoms with Crippen molar-refractivity contribution < 1.29 is 9.59 Å². The predicted octanol–water partition coefficient (Wildman–Crippen LogP) is 1.36. The second kappa shape index (κ2) is 6.36. The molecule has 4 nitrogen and oxygen atoms in total. The van der Waals surface area contributed by atoms with E-state index in [2.05, 4.69) is 5.32 Å². The largest absolute Gasteiger partial charge is 0.353 e. The Bertz CT molecular complexity index is 437. The summed E-state index contributed by atoms with van der Waals surface area (Å²) in [5, 5.41) is 2.91. The number of likely N-dealkylation sites (tertiary alicyclic amines) is 1. The zero-order valence-corrected chi connectivity index (χ0v) is 11.3. The maximum absolute atomic E-state index is 12.1. The molecule has 2 rings (SSSR count). The van der Waals surface area contributed by atoms with Crippen LogP contribution in [0.3, 0.4) is 0 Å². The van der Waals surface area contributed by atoms with Crippen LogP contribution in [0, 0.1) is 0 Å². The molecule has 2 amide bonds. The van der Waals surface area contributed by atoms with Gasteiger partial charge in [0.15, 0.2) is 0 Å². The summed E-state index contributed by atoms with van der Waals surface area (Å²) in [7, 11) is 0. The molecule has 102 valence electrons. The van der Waals surface area contributed by atoms with Gasteiger partial charge in [0.1, 0.15) is 0 Å². The van der Waals surface area contributed by atoms with Crippen LogP contribution in [0.15, 0.2) is 30.3 Å². The lowest BCUT2D eigenvalue weighted by atomic mass is 10.0. The summed E-state index contributed by atoms with van der Waals surface area (Å²) in [6, 6.07) is 10.0. The standard InChI is InChI=1S/C15H20N2O2/c1-12(18)16-14-7-9-17(10-8-14)15(19)11-13-5-3-2-4-6-13/h2-6,14H,7-11H2,1H3,(H,16,18). The Hall–Kier alpha value is -1.84. The summed E-state index contributed by atoms with van der Waals surface area (Å²) in [6.45, 7) is 3.00. The third-order valence-corrected chi connectivity index (χ3v) is 3.45. The first-order chi connectivity index (χ1) is 9.15.